The van der Waals surface area contributed by atoms with E-state index < -0.39 is 5.97 Å². The maximum Gasteiger partial charge on any atom is 0.303 e. The number of ether oxygens (including phenoxy) is 2. The van der Waals surface area contributed by atoms with E-state index in [1.165, 1.54) is 0 Å². The van der Waals surface area contributed by atoms with Crippen LogP contribution < -0.4 is 9.47 Å². The fourth-order valence-electron chi connectivity index (χ4n) is 2.12. The minimum absolute atomic E-state index is 0.222. The molecular formula is C19H21ClO4. The van der Waals surface area contributed by atoms with Crippen LogP contribution in [0.1, 0.15) is 31.2 Å². The number of carboxylic acid groups (broad SMARTS) is 1. The monoisotopic (exact) mass is 348 g/mol. The van der Waals surface area contributed by atoms with E-state index >= 15 is 0 Å². The van der Waals surface area contributed by atoms with Gasteiger partial charge in [0.2, 0.25) is 0 Å². The van der Waals surface area contributed by atoms with Gasteiger partial charge in [0.25, 0.3) is 0 Å². The lowest BCUT2D eigenvalue weighted by atomic mass is 10.2. The van der Waals surface area contributed by atoms with Crippen LogP contribution in [0.3, 0.4) is 0 Å². The Kier molecular flexibility index (Phi) is 7.43. The van der Waals surface area contributed by atoms with Gasteiger partial charge in [-0.05, 0) is 61.2 Å². The predicted octanol–water partition coefficient (Wildman–Crippen LogP) is 4.94. The Morgan fingerprint density at radius 2 is 1.50 bits per heavy atom. The summed E-state index contributed by atoms with van der Waals surface area (Å²) >= 11 is 5.85. The number of hydrogen-bond donors (Lipinski definition) is 1. The van der Waals surface area contributed by atoms with Crippen LogP contribution >= 0.6 is 11.6 Å². The standard InChI is InChI=1S/C19H21ClO4/c20-16-7-5-15(6-8-16)14-24-18-11-9-17(10-12-18)23-13-3-1-2-4-19(21)22/h5-12H,1-4,13-14H2,(H,21,22). The third-order valence-electron chi connectivity index (χ3n) is 3.45. The minimum Gasteiger partial charge on any atom is -0.494 e. The summed E-state index contributed by atoms with van der Waals surface area (Å²) in [6, 6.07) is 15.0. The van der Waals surface area contributed by atoms with Gasteiger partial charge in [-0.2, -0.15) is 0 Å². The van der Waals surface area contributed by atoms with Crippen molar-refractivity contribution in [3.63, 3.8) is 0 Å². The summed E-state index contributed by atoms with van der Waals surface area (Å²) in [6.45, 7) is 1.07. The third kappa shape index (κ3) is 6.92. The SMILES string of the molecule is O=C(O)CCCCCOc1ccc(OCc2ccc(Cl)cc2)cc1. The van der Waals surface area contributed by atoms with Crippen LogP contribution in [0.2, 0.25) is 5.02 Å². The van der Waals surface area contributed by atoms with Gasteiger partial charge in [0.1, 0.15) is 18.1 Å². The highest BCUT2D eigenvalue weighted by Gasteiger charge is 2.00. The Morgan fingerprint density at radius 3 is 2.12 bits per heavy atom. The van der Waals surface area contributed by atoms with Crippen LogP contribution in [0.4, 0.5) is 0 Å². The maximum atomic E-state index is 10.4. The van der Waals surface area contributed by atoms with Gasteiger partial charge in [0, 0.05) is 11.4 Å². The van der Waals surface area contributed by atoms with E-state index in [1.54, 1.807) is 0 Å². The molecule has 0 aliphatic rings. The van der Waals surface area contributed by atoms with Gasteiger partial charge in [-0.15, -0.1) is 0 Å². The molecule has 1 N–H and O–H groups in total. The molecule has 0 saturated heterocycles. The van der Waals surface area contributed by atoms with Crippen molar-refractivity contribution in [2.75, 3.05) is 6.61 Å². The zero-order valence-electron chi connectivity index (χ0n) is 13.4. The number of unbranched alkanes of at least 4 members (excludes halogenated alkanes) is 2. The maximum absolute atomic E-state index is 10.4. The number of halogens is 1. The predicted molar refractivity (Wildman–Crippen MR) is 93.8 cm³/mol. The van der Waals surface area contributed by atoms with Crippen molar-refractivity contribution in [1.82, 2.24) is 0 Å². The molecule has 0 amide bonds. The second-order valence-electron chi connectivity index (χ2n) is 5.44. The molecule has 0 unspecified atom stereocenters. The van der Waals surface area contributed by atoms with Crippen LogP contribution in [0, 0.1) is 0 Å². The molecular weight excluding hydrogens is 328 g/mol. The van der Waals surface area contributed by atoms with E-state index in [9.17, 15) is 4.79 Å². The van der Waals surface area contributed by atoms with Crippen LogP contribution in [-0.4, -0.2) is 17.7 Å². The summed E-state index contributed by atoms with van der Waals surface area (Å²) in [6.07, 6.45) is 2.62. The molecule has 0 aromatic heterocycles. The zero-order valence-corrected chi connectivity index (χ0v) is 14.2. The molecule has 0 heterocycles. The Labute approximate surface area is 147 Å². The Hall–Kier alpha value is -2.20. The fourth-order valence-corrected chi connectivity index (χ4v) is 2.25. The first-order valence-electron chi connectivity index (χ1n) is 7.95. The zero-order chi connectivity index (χ0) is 17.2. The first-order chi connectivity index (χ1) is 11.6. The number of hydrogen-bond acceptors (Lipinski definition) is 3. The summed E-state index contributed by atoms with van der Waals surface area (Å²) in [4.78, 5) is 10.4. The van der Waals surface area contributed by atoms with Gasteiger partial charge in [-0.25, -0.2) is 0 Å². The summed E-state index contributed by atoms with van der Waals surface area (Å²) in [5, 5.41) is 9.26. The number of rotatable bonds is 10. The summed E-state index contributed by atoms with van der Waals surface area (Å²) in [7, 11) is 0. The number of carboxylic acids is 1. The number of benzene rings is 2. The lowest BCUT2D eigenvalue weighted by Crippen LogP contribution is -1.99. The van der Waals surface area contributed by atoms with Gasteiger partial charge >= 0.3 is 5.97 Å². The Balaban J connectivity index is 1.67. The number of aliphatic carboxylic acids is 1. The average molecular weight is 349 g/mol. The van der Waals surface area contributed by atoms with E-state index in [-0.39, 0.29) is 6.42 Å². The summed E-state index contributed by atoms with van der Waals surface area (Å²) in [5.41, 5.74) is 1.06. The molecule has 24 heavy (non-hydrogen) atoms. The molecule has 2 aromatic rings. The van der Waals surface area contributed by atoms with Crippen molar-refractivity contribution in [2.24, 2.45) is 0 Å². The molecule has 4 nitrogen and oxygen atoms in total. The molecule has 0 aliphatic heterocycles. The van der Waals surface area contributed by atoms with Gasteiger partial charge in [-0.3, -0.25) is 4.79 Å². The van der Waals surface area contributed by atoms with Crippen LogP contribution in [0.25, 0.3) is 0 Å². The van der Waals surface area contributed by atoms with Crippen molar-refractivity contribution < 1.29 is 19.4 Å². The van der Waals surface area contributed by atoms with Gasteiger partial charge in [-0.1, -0.05) is 23.7 Å². The van der Waals surface area contributed by atoms with Crippen molar-refractivity contribution in [3.8, 4) is 11.5 Å². The Morgan fingerprint density at radius 1 is 0.875 bits per heavy atom. The first kappa shape index (κ1) is 18.1. The largest absolute Gasteiger partial charge is 0.494 e. The van der Waals surface area contributed by atoms with E-state index in [1.807, 2.05) is 48.5 Å². The molecule has 2 rings (SSSR count). The second kappa shape index (κ2) is 9.83. The molecule has 128 valence electrons. The molecule has 5 heteroatoms. The second-order valence-corrected chi connectivity index (χ2v) is 5.88. The van der Waals surface area contributed by atoms with E-state index in [2.05, 4.69) is 0 Å². The number of carbonyl (C=O) groups is 1. The summed E-state index contributed by atoms with van der Waals surface area (Å²) < 4.78 is 11.3. The van der Waals surface area contributed by atoms with Crippen LogP contribution in [-0.2, 0) is 11.4 Å². The first-order valence-corrected chi connectivity index (χ1v) is 8.33. The lowest BCUT2D eigenvalue weighted by molar-refractivity contribution is -0.137. The fraction of sp³-hybridized carbons (Fsp3) is 0.316. The normalized spacial score (nSPS) is 10.4. The van der Waals surface area contributed by atoms with Crippen molar-refractivity contribution >= 4 is 17.6 Å². The van der Waals surface area contributed by atoms with Crippen molar-refractivity contribution in [2.45, 2.75) is 32.3 Å². The quantitative estimate of drug-likeness (QED) is 0.618. The average Bonchev–Trinajstić information content (AvgIpc) is 2.58. The highest BCUT2D eigenvalue weighted by Crippen LogP contribution is 2.19. The topological polar surface area (TPSA) is 55.8 Å². The van der Waals surface area contributed by atoms with Crippen molar-refractivity contribution in [1.29, 1.82) is 0 Å². The highest BCUT2D eigenvalue weighted by molar-refractivity contribution is 6.30. The molecule has 0 saturated carbocycles. The lowest BCUT2D eigenvalue weighted by Gasteiger charge is -2.09. The molecule has 0 spiro atoms. The van der Waals surface area contributed by atoms with Gasteiger partial charge < -0.3 is 14.6 Å². The molecule has 0 fully saturated rings. The molecule has 0 aliphatic carbocycles. The molecule has 0 bridgehead atoms. The molecule has 0 radical (unpaired) electrons. The van der Waals surface area contributed by atoms with Crippen LogP contribution in [0.5, 0.6) is 11.5 Å². The van der Waals surface area contributed by atoms with Crippen molar-refractivity contribution in [3.05, 3.63) is 59.1 Å². The summed E-state index contributed by atoms with van der Waals surface area (Å²) in [5.74, 6) is 0.816. The van der Waals surface area contributed by atoms with Gasteiger partial charge in [0.05, 0.1) is 6.61 Å². The van der Waals surface area contributed by atoms with E-state index in [0.717, 1.165) is 29.9 Å². The van der Waals surface area contributed by atoms with Crippen LogP contribution in [0.15, 0.2) is 48.5 Å². The Bertz CT molecular complexity index is 623. The smallest absolute Gasteiger partial charge is 0.303 e. The molecule has 0 atom stereocenters. The van der Waals surface area contributed by atoms with Gasteiger partial charge in [0.15, 0.2) is 0 Å². The minimum atomic E-state index is -0.745. The third-order valence-corrected chi connectivity index (χ3v) is 3.70. The highest BCUT2D eigenvalue weighted by atomic mass is 35.5. The molecule has 2 aromatic carbocycles. The van der Waals surface area contributed by atoms with E-state index in [4.69, 9.17) is 26.2 Å². The van der Waals surface area contributed by atoms with E-state index in [0.29, 0.717) is 24.7 Å².